The predicted molar refractivity (Wildman–Crippen MR) is 149 cm³/mol. The Morgan fingerprint density at radius 2 is 1.28 bits per heavy atom. The summed E-state index contributed by atoms with van der Waals surface area (Å²) in [5.74, 6) is -0.237. The highest BCUT2D eigenvalue weighted by molar-refractivity contribution is 8.00. The first-order valence-corrected chi connectivity index (χ1v) is 13.3. The third-order valence-corrected chi connectivity index (χ3v) is 7.83. The summed E-state index contributed by atoms with van der Waals surface area (Å²) in [5.41, 5.74) is 14.9. The van der Waals surface area contributed by atoms with Crippen LogP contribution in [0.15, 0.2) is 91.0 Å². The van der Waals surface area contributed by atoms with Gasteiger partial charge >= 0.3 is 0 Å². The van der Waals surface area contributed by atoms with Crippen molar-refractivity contribution >= 4 is 23.6 Å². The van der Waals surface area contributed by atoms with Crippen LogP contribution in [0.25, 0.3) is 0 Å². The molecule has 0 saturated heterocycles. The van der Waals surface area contributed by atoms with Crippen LogP contribution in [-0.2, 0) is 14.3 Å². The largest absolute Gasteiger partial charge is 0.357 e. The maximum absolute atomic E-state index is 12.9. The Balaban J connectivity index is 1.96. The molecule has 0 heterocycles. The molecule has 0 spiro atoms. The number of amides is 2. The number of unbranched alkanes of at least 4 members (excludes halogenated alkanes) is 1. The number of hydrogen-bond acceptors (Lipinski definition) is 5. The van der Waals surface area contributed by atoms with Crippen molar-refractivity contribution in [3.05, 3.63) is 108 Å². The molecule has 3 aromatic carbocycles. The van der Waals surface area contributed by atoms with Crippen molar-refractivity contribution < 1.29 is 9.59 Å². The summed E-state index contributed by atoms with van der Waals surface area (Å²) in [6.45, 7) is 0.562. The Hall–Kier alpha value is -3.13. The van der Waals surface area contributed by atoms with Crippen molar-refractivity contribution in [3.63, 3.8) is 0 Å². The number of benzene rings is 3. The average molecular weight is 505 g/mol. The molecule has 0 aliphatic carbocycles. The van der Waals surface area contributed by atoms with E-state index in [1.165, 1.54) is 0 Å². The zero-order chi connectivity index (χ0) is 25.8. The summed E-state index contributed by atoms with van der Waals surface area (Å²) in [6.07, 6.45) is 2.10. The number of rotatable bonds is 13. The molecule has 0 fully saturated rings. The fraction of sp³-hybridized carbons (Fsp3) is 0.310. The second-order valence-electron chi connectivity index (χ2n) is 8.66. The van der Waals surface area contributed by atoms with Crippen LogP contribution in [0, 0.1) is 0 Å². The van der Waals surface area contributed by atoms with Gasteiger partial charge in [-0.15, -0.1) is 11.8 Å². The molecule has 3 rings (SSSR count). The lowest BCUT2D eigenvalue weighted by molar-refractivity contribution is -0.128. The predicted octanol–water partition coefficient (Wildman–Crippen LogP) is 3.40. The average Bonchev–Trinajstić information content (AvgIpc) is 2.94. The number of nitrogens with two attached hydrogens (primary N) is 2. The molecular formula is C29H36N4O2S. The second-order valence-corrected chi connectivity index (χ2v) is 9.89. The Kier molecular flexibility index (Phi) is 10.5. The molecule has 6 nitrogen and oxygen atoms in total. The minimum Gasteiger partial charge on any atom is -0.357 e. The van der Waals surface area contributed by atoms with Crippen LogP contribution in [0.1, 0.15) is 36.0 Å². The minimum atomic E-state index is -0.747. The van der Waals surface area contributed by atoms with Crippen LogP contribution >= 0.6 is 11.8 Å². The normalized spacial score (nSPS) is 13.0. The van der Waals surface area contributed by atoms with Crippen LogP contribution < -0.4 is 22.1 Å². The van der Waals surface area contributed by atoms with Gasteiger partial charge in [-0.2, -0.15) is 0 Å². The van der Waals surface area contributed by atoms with E-state index < -0.39 is 16.8 Å². The molecule has 0 bridgehead atoms. The first kappa shape index (κ1) is 27.5. The van der Waals surface area contributed by atoms with E-state index in [1.807, 2.05) is 54.6 Å². The van der Waals surface area contributed by atoms with Crippen LogP contribution in [0.5, 0.6) is 0 Å². The number of nitrogens with one attached hydrogen (secondary N) is 2. The fourth-order valence-electron chi connectivity index (χ4n) is 4.25. The van der Waals surface area contributed by atoms with Crippen molar-refractivity contribution in [2.75, 3.05) is 19.3 Å². The lowest BCUT2D eigenvalue weighted by Crippen LogP contribution is -2.52. The van der Waals surface area contributed by atoms with E-state index in [4.69, 9.17) is 11.5 Å². The molecule has 0 saturated carbocycles. The van der Waals surface area contributed by atoms with Crippen molar-refractivity contribution in [2.45, 2.75) is 36.1 Å². The smallest absolute Gasteiger partial charge is 0.243 e. The molecule has 7 heteroatoms. The van der Waals surface area contributed by atoms with E-state index in [2.05, 4.69) is 47.0 Å². The summed E-state index contributed by atoms with van der Waals surface area (Å²) in [4.78, 5) is 25.7. The van der Waals surface area contributed by atoms with Gasteiger partial charge in [0.15, 0.2) is 0 Å². The van der Waals surface area contributed by atoms with Crippen LogP contribution in [0.2, 0.25) is 0 Å². The SMILES string of the molecule is CNC(=O)C(CSC(c1ccccc1)(c1ccccc1)c1ccccc1)NC(=O)C(N)CCCCN. The fourth-order valence-corrected chi connectivity index (χ4v) is 5.81. The van der Waals surface area contributed by atoms with E-state index >= 15 is 0 Å². The third-order valence-electron chi connectivity index (χ3n) is 6.19. The standard InChI is InChI=1S/C29H36N4O2S/c1-32-28(35)26(33-27(34)25(31)19-11-12-20-30)21-36-29(22-13-5-2-6-14-22,23-15-7-3-8-16-23)24-17-9-4-10-18-24/h2-10,13-18,25-26H,11-12,19-21,30-31H2,1H3,(H,32,35)(H,33,34). The highest BCUT2D eigenvalue weighted by Crippen LogP contribution is 2.48. The molecule has 6 N–H and O–H groups in total. The molecule has 0 aromatic heterocycles. The maximum Gasteiger partial charge on any atom is 0.243 e. The lowest BCUT2D eigenvalue weighted by atomic mass is 9.84. The summed E-state index contributed by atoms with van der Waals surface area (Å²) < 4.78 is -0.593. The van der Waals surface area contributed by atoms with E-state index in [-0.39, 0.29) is 11.8 Å². The summed E-state index contributed by atoms with van der Waals surface area (Å²) in [7, 11) is 1.58. The number of carbonyl (C=O) groups excluding carboxylic acids is 2. The number of likely N-dealkylation sites (N-methyl/N-ethyl adjacent to an activating group) is 1. The molecule has 190 valence electrons. The van der Waals surface area contributed by atoms with Gasteiger partial charge in [-0.1, -0.05) is 97.4 Å². The Morgan fingerprint density at radius 3 is 1.69 bits per heavy atom. The Labute approximate surface area is 218 Å². The summed E-state index contributed by atoms with van der Waals surface area (Å²) >= 11 is 1.62. The van der Waals surface area contributed by atoms with E-state index in [0.717, 1.165) is 29.5 Å². The van der Waals surface area contributed by atoms with Crippen LogP contribution in [0.3, 0.4) is 0 Å². The van der Waals surface area contributed by atoms with Gasteiger partial charge < -0.3 is 22.1 Å². The molecule has 2 unspecified atom stereocenters. The molecule has 2 atom stereocenters. The molecule has 0 aliphatic heterocycles. The van der Waals surface area contributed by atoms with Gasteiger partial charge in [0.25, 0.3) is 0 Å². The lowest BCUT2D eigenvalue weighted by Gasteiger charge is -2.36. The van der Waals surface area contributed by atoms with Gasteiger partial charge in [0, 0.05) is 12.8 Å². The molecule has 0 aliphatic rings. The minimum absolute atomic E-state index is 0.256. The van der Waals surface area contributed by atoms with Gasteiger partial charge in [-0.05, 0) is 36.1 Å². The van der Waals surface area contributed by atoms with Gasteiger partial charge in [-0.25, -0.2) is 0 Å². The van der Waals surface area contributed by atoms with Gasteiger partial charge in [0.1, 0.15) is 6.04 Å². The van der Waals surface area contributed by atoms with Gasteiger partial charge in [-0.3, -0.25) is 9.59 Å². The van der Waals surface area contributed by atoms with Crippen molar-refractivity contribution in [1.82, 2.24) is 10.6 Å². The van der Waals surface area contributed by atoms with E-state index in [1.54, 1.807) is 18.8 Å². The Morgan fingerprint density at radius 1 is 0.806 bits per heavy atom. The van der Waals surface area contributed by atoms with E-state index in [0.29, 0.717) is 18.7 Å². The topological polar surface area (TPSA) is 110 Å². The first-order valence-electron chi connectivity index (χ1n) is 12.3. The first-order chi connectivity index (χ1) is 17.5. The molecule has 36 heavy (non-hydrogen) atoms. The molecule has 3 aromatic rings. The number of hydrogen-bond donors (Lipinski definition) is 4. The Bertz CT molecular complexity index is 984. The quantitative estimate of drug-likeness (QED) is 0.211. The molecule has 2 amide bonds. The molecule has 0 radical (unpaired) electrons. The highest BCUT2D eigenvalue weighted by atomic mass is 32.2. The van der Waals surface area contributed by atoms with Crippen molar-refractivity contribution in [3.8, 4) is 0 Å². The van der Waals surface area contributed by atoms with Gasteiger partial charge in [0.2, 0.25) is 11.8 Å². The maximum atomic E-state index is 12.9. The van der Waals surface area contributed by atoms with Crippen molar-refractivity contribution in [2.24, 2.45) is 11.5 Å². The zero-order valence-corrected chi connectivity index (χ0v) is 21.5. The number of carbonyl (C=O) groups is 2. The van der Waals surface area contributed by atoms with Crippen molar-refractivity contribution in [1.29, 1.82) is 0 Å². The summed E-state index contributed by atoms with van der Waals surface area (Å²) in [6, 6.07) is 29.3. The monoisotopic (exact) mass is 504 g/mol. The van der Waals surface area contributed by atoms with E-state index in [9.17, 15) is 9.59 Å². The second kappa shape index (κ2) is 13.8. The van der Waals surface area contributed by atoms with Crippen LogP contribution in [-0.4, -0.2) is 43.2 Å². The number of thioether (sulfide) groups is 1. The zero-order valence-electron chi connectivity index (χ0n) is 20.7. The highest BCUT2D eigenvalue weighted by Gasteiger charge is 2.38. The van der Waals surface area contributed by atoms with Crippen LogP contribution in [0.4, 0.5) is 0 Å². The third kappa shape index (κ3) is 6.75. The molecular weight excluding hydrogens is 468 g/mol. The summed E-state index contributed by atoms with van der Waals surface area (Å²) in [5, 5.41) is 5.59. The van der Waals surface area contributed by atoms with Gasteiger partial charge in [0.05, 0.1) is 10.8 Å².